The van der Waals surface area contributed by atoms with E-state index in [2.05, 4.69) is 44.2 Å². The third kappa shape index (κ3) is 2.58. The third-order valence-electron chi connectivity index (χ3n) is 4.02. The first-order chi connectivity index (χ1) is 10.4. The van der Waals surface area contributed by atoms with Gasteiger partial charge in [0.2, 0.25) is 0 Å². The minimum atomic E-state index is 0.674. The molecule has 0 saturated heterocycles. The zero-order valence-corrected chi connectivity index (χ0v) is 12.3. The van der Waals surface area contributed by atoms with Gasteiger partial charge >= 0.3 is 0 Å². The Balaban J connectivity index is 1.57. The minimum absolute atomic E-state index is 0.674. The van der Waals surface area contributed by atoms with Gasteiger partial charge in [-0.05, 0) is 41.9 Å². The molecule has 0 atom stereocenters. The molecule has 1 saturated carbocycles. The maximum Gasteiger partial charge on any atom is 0.113 e. The lowest BCUT2D eigenvalue weighted by Crippen LogP contribution is -2.08. The summed E-state index contributed by atoms with van der Waals surface area (Å²) in [5.41, 5.74) is 3.50. The number of hydrogen-bond acceptors (Lipinski definition) is 5. The summed E-state index contributed by atoms with van der Waals surface area (Å²) in [6, 6.07) is 8.70. The highest BCUT2D eigenvalue weighted by Gasteiger charge is 2.19. The molecule has 6 heteroatoms. The number of rotatable bonds is 4. The van der Waals surface area contributed by atoms with Crippen molar-refractivity contribution < 1.29 is 0 Å². The highest BCUT2D eigenvalue weighted by atomic mass is 32.1. The van der Waals surface area contributed by atoms with Gasteiger partial charge < -0.3 is 0 Å². The molecule has 0 bridgehead atoms. The summed E-state index contributed by atoms with van der Waals surface area (Å²) in [6.07, 6.45) is 7.74. The monoisotopic (exact) mass is 297 g/mol. The van der Waals surface area contributed by atoms with Gasteiger partial charge in [0.25, 0.3) is 0 Å². The van der Waals surface area contributed by atoms with Gasteiger partial charge in [-0.15, -0.1) is 10.2 Å². The lowest BCUT2D eigenvalue weighted by molar-refractivity contribution is 0.420. The molecule has 1 aromatic carbocycles. The van der Waals surface area contributed by atoms with Crippen LogP contribution in [-0.2, 0) is 6.54 Å². The number of nitrogens with zero attached hydrogens (tertiary/aromatic N) is 5. The molecular weight excluding hydrogens is 282 g/mol. The third-order valence-corrected chi connectivity index (χ3v) is 4.67. The van der Waals surface area contributed by atoms with Crippen molar-refractivity contribution in [2.75, 3.05) is 0 Å². The minimum Gasteiger partial charge on any atom is -0.247 e. The molecule has 1 aliphatic carbocycles. The molecule has 3 aromatic rings. The first-order valence-corrected chi connectivity index (χ1v) is 7.92. The first kappa shape index (κ1) is 12.6. The fourth-order valence-electron chi connectivity index (χ4n) is 2.62. The largest absolute Gasteiger partial charge is 0.247 e. The van der Waals surface area contributed by atoms with Crippen molar-refractivity contribution in [2.45, 2.75) is 31.7 Å². The van der Waals surface area contributed by atoms with Gasteiger partial charge in [-0.3, -0.25) is 0 Å². The van der Waals surface area contributed by atoms with Crippen LogP contribution in [-0.4, -0.2) is 24.6 Å². The molecule has 0 aliphatic heterocycles. The second kappa shape index (κ2) is 5.37. The number of benzene rings is 1. The van der Waals surface area contributed by atoms with E-state index < -0.39 is 0 Å². The first-order valence-electron chi connectivity index (χ1n) is 7.15. The summed E-state index contributed by atoms with van der Waals surface area (Å²) < 4.78 is 5.69. The average molecular weight is 297 g/mol. The van der Waals surface area contributed by atoms with E-state index in [1.165, 1.54) is 36.4 Å². The smallest absolute Gasteiger partial charge is 0.113 e. The second-order valence-corrected chi connectivity index (χ2v) is 6.31. The van der Waals surface area contributed by atoms with Crippen molar-refractivity contribution >= 4 is 11.5 Å². The fraction of sp³-hybridized carbons (Fsp3) is 0.333. The van der Waals surface area contributed by atoms with Crippen LogP contribution in [0.25, 0.3) is 11.3 Å². The highest BCUT2D eigenvalue weighted by molar-refractivity contribution is 7.05. The zero-order valence-electron chi connectivity index (χ0n) is 11.5. The van der Waals surface area contributed by atoms with E-state index in [1.807, 2.05) is 10.9 Å². The summed E-state index contributed by atoms with van der Waals surface area (Å²) in [4.78, 5) is 1.08. The molecule has 0 unspecified atom stereocenters. The molecule has 1 aliphatic rings. The van der Waals surface area contributed by atoms with Crippen LogP contribution in [0.15, 0.2) is 36.7 Å². The molecule has 21 heavy (non-hydrogen) atoms. The van der Waals surface area contributed by atoms with Gasteiger partial charge in [0.1, 0.15) is 5.69 Å². The molecule has 2 heterocycles. The quantitative estimate of drug-likeness (QED) is 0.742. The molecule has 0 amide bonds. The lowest BCUT2D eigenvalue weighted by atomic mass is 9.79. The van der Waals surface area contributed by atoms with Crippen molar-refractivity contribution in [3.63, 3.8) is 0 Å². The van der Waals surface area contributed by atoms with Gasteiger partial charge in [0.05, 0.1) is 23.8 Å². The van der Waals surface area contributed by atoms with Gasteiger partial charge in [-0.25, -0.2) is 4.68 Å². The maximum absolute atomic E-state index is 4.29. The molecule has 1 fully saturated rings. The van der Waals surface area contributed by atoms with E-state index in [0.29, 0.717) is 6.54 Å². The predicted molar refractivity (Wildman–Crippen MR) is 81.1 cm³/mol. The van der Waals surface area contributed by atoms with Crippen molar-refractivity contribution in [3.8, 4) is 11.3 Å². The Kier molecular flexibility index (Phi) is 3.23. The summed E-state index contributed by atoms with van der Waals surface area (Å²) >= 11 is 1.39. The van der Waals surface area contributed by atoms with Crippen LogP contribution >= 0.6 is 11.5 Å². The summed E-state index contributed by atoms with van der Waals surface area (Å²) in [7, 11) is 0. The van der Waals surface area contributed by atoms with Gasteiger partial charge in [0.15, 0.2) is 0 Å². The molecule has 0 N–H and O–H groups in total. The summed E-state index contributed by atoms with van der Waals surface area (Å²) in [5, 5.41) is 12.3. The molecule has 2 aromatic heterocycles. The Bertz CT molecular complexity index is 730. The van der Waals surface area contributed by atoms with Crippen LogP contribution in [0.2, 0.25) is 0 Å². The van der Waals surface area contributed by atoms with Crippen LogP contribution in [0.3, 0.4) is 0 Å². The maximum atomic E-state index is 4.29. The normalized spacial score (nSPS) is 15.0. The Morgan fingerprint density at radius 1 is 1.29 bits per heavy atom. The van der Waals surface area contributed by atoms with E-state index in [4.69, 9.17) is 0 Å². The van der Waals surface area contributed by atoms with Crippen molar-refractivity contribution in [1.82, 2.24) is 24.6 Å². The summed E-state index contributed by atoms with van der Waals surface area (Å²) in [5.74, 6) is 0.739. The Hall–Kier alpha value is -2.08. The van der Waals surface area contributed by atoms with Gasteiger partial charge in [-0.2, -0.15) is 0 Å². The SMILES string of the molecule is c1cc(-c2cn(Cc3cnns3)nn2)cc(C2CCC2)c1. The predicted octanol–water partition coefficient (Wildman–Crippen LogP) is 3.11. The van der Waals surface area contributed by atoms with E-state index in [9.17, 15) is 0 Å². The van der Waals surface area contributed by atoms with Crippen LogP contribution < -0.4 is 0 Å². The van der Waals surface area contributed by atoms with Crippen LogP contribution in [0.1, 0.15) is 35.6 Å². The van der Waals surface area contributed by atoms with E-state index in [1.54, 1.807) is 6.20 Å². The standard InChI is InChI=1S/C15H15N5S/c1-3-11(4-1)12-5-2-6-13(7-12)15-10-20(18-17-15)9-14-8-16-19-21-14/h2,5-8,10-11H,1,3-4,9H2. The second-order valence-electron chi connectivity index (χ2n) is 5.44. The molecule has 106 valence electrons. The van der Waals surface area contributed by atoms with Crippen LogP contribution in [0.4, 0.5) is 0 Å². The number of aromatic nitrogens is 5. The van der Waals surface area contributed by atoms with Crippen molar-refractivity contribution in [1.29, 1.82) is 0 Å². The molecule has 0 radical (unpaired) electrons. The highest BCUT2D eigenvalue weighted by Crippen LogP contribution is 2.37. The molecule has 0 spiro atoms. The zero-order chi connectivity index (χ0) is 14.1. The van der Waals surface area contributed by atoms with Gasteiger partial charge in [-0.1, -0.05) is 34.3 Å². The molecule has 5 nitrogen and oxygen atoms in total. The molecule has 4 rings (SSSR count). The summed E-state index contributed by atoms with van der Waals surface area (Å²) in [6.45, 7) is 0.674. The van der Waals surface area contributed by atoms with Crippen molar-refractivity contribution in [3.05, 3.63) is 47.1 Å². The topological polar surface area (TPSA) is 56.5 Å². The number of hydrogen-bond donors (Lipinski definition) is 0. The van der Waals surface area contributed by atoms with Gasteiger partial charge in [0, 0.05) is 5.56 Å². The lowest BCUT2D eigenvalue weighted by Gasteiger charge is -2.25. The van der Waals surface area contributed by atoms with E-state index in [0.717, 1.165) is 22.1 Å². The average Bonchev–Trinajstić information content (AvgIpc) is 3.09. The fourth-order valence-corrected chi connectivity index (χ4v) is 3.10. The van der Waals surface area contributed by atoms with Crippen LogP contribution in [0.5, 0.6) is 0 Å². The Morgan fingerprint density at radius 2 is 2.24 bits per heavy atom. The van der Waals surface area contributed by atoms with E-state index in [-0.39, 0.29) is 0 Å². The molecular formula is C15H15N5S. The van der Waals surface area contributed by atoms with Crippen LogP contribution in [0, 0.1) is 0 Å². The Labute approximate surface area is 126 Å². The van der Waals surface area contributed by atoms with Crippen molar-refractivity contribution in [2.24, 2.45) is 0 Å². The Morgan fingerprint density at radius 3 is 3.00 bits per heavy atom. The van der Waals surface area contributed by atoms with E-state index >= 15 is 0 Å².